The number of methoxy groups -OCH3 is 2. The van der Waals surface area contributed by atoms with Crippen molar-refractivity contribution in [2.45, 2.75) is 25.2 Å². The lowest BCUT2D eigenvalue weighted by atomic mass is 10.1. The fourth-order valence-corrected chi connectivity index (χ4v) is 5.07. The molecule has 0 amide bonds. The second-order valence-corrected chi connectivity index (χ2v) is 9.80. The van der Waals surface area contributed by atoms with Gasteiger partial charge in [0.15, 0.2) is 23.1 Å². The third kappa shape index (κ3) is 5.46. The van der Waals surface area contributed by atoms with Gasteiger partial charge in [0.05, 0.1) is 30.1 Å². The number of hydrogen-bond donors (Lipinski definition) is 2. The van der Waals surface area contributed by atoms with Crippen molar-refractivity contribution < 1.29 is 17.9 Å². The summed E-state index contributed by atoms with van der Waals surface area (Å²) in [4.78, 5) is 9.41. The van der Waals surface area contributed by atoms with Gasteiger partial charge in [-0.2, -0.15) is 0 Å². The number of anilines is 2. The second-order valence-electron chi connectivity index (χ2n) is 8.15. The van der Waals surface area contributed by atoms with Crippen LogP contribution in [0.3, 0.4) is 0 Å². The normalized spacial score (nSPS) is 11.3. The topological polar surface area (TPSA) is 102 Å². The molecule has 4 aromatic rings. The molecular formula is C26H28N4O4S. The third-order valence-corrected chi connectivity index (χ3v) is 7.07. The van der Waals surface area contributed by atoms with E-state index in [1.165, 1.54) is 0 Å². The van der Waals surface area contributed by atoms with E-state index in [0.717, 1.165) is 11.1 Å². The minimum Gasteiger partial charge on any atom is -0.493 e. The predicted octanol–water partition coefficient (Wildman–Crippen LogP) is 4.72. The standard InChI is InChI=1S/C26H28N4O4S/c1-17-9-10-18(2)24(15-17)35(31,32)30-26-25(28-20-7-5-6-8-21(20)29-26)27-14-13-19-11-12-22(33-3)23(16-19)34-4/h5-12,15-16H,13-14H2,1-4H3,(H,27,28)(H,29,30). The van der Waals surface area contributed by atoms with Crippen LogP contribution in [-0.2, 0) is 16.4 Å². The number of hydrogen-bond acceptors (Lipinski definition) is 7. The molecule has 9 heteroatoms. The quantitative estimate of drug-likeness (QED) is 0.349. The number of aryl methyl sites for hydroxylation is 2. The van der Waals surface area contributed by atoms with E-state index in [4.69, 9.17) is 9.47 Å². The summed E-state index contributed by atoms with van der Waals surface area (Å²) in [7, 11) is -0.683. The molecule has 35 heavy (non-hydrogen) atoms. The molecule has 1 aromatic heterocycles. The molecule has 4 rings (SSSR count). The van der Waals surface area contributed by atoms with Gasteiger partial charge in [-0.25, -0.2) is 18.4 Å². The van der Waals surface area contributed by atoms with Crippen molar-refractivity contribution in [3.05, 3.63) is 77.4 Å². The molecule has 0 aliphatic heterocycles. The molecule has 0 saturated carbocycles. The summed E-state index contributed by atoms with van der Waals surface area (Å²) in [5.41, 5.74) is 3.79. The number of fused-ring (bicyclic) bond motifs is 1. The molecule has 182 valence electrons. The van der Waals surface area contributed by atoms with Crippen LogP contribution in [0.1, 0.15) is 16.7 Å². The molecule has 0 spiro atoms. The first-order valence-corrected chi connectivity index (χ1v) is 12.6. The number of aromatic nitrogens is 2. The van der Waals surface area contributed by atoms with Gasteiger partial charge in [0.25, 0.3) is 10.0 Å². The molecule has 1 heterocycles. The lowest BCUT2D eigenvalue weighted by Crippen LogP contribution is -2.18. The summed E-state index contributed by atoms with van der Waals surface area (Å²) in [6, 6.07) is 18.4. The zero-order valence-electron chi connectivity index (χ0n) is 20.1. The average Bonchev–Trinajstić information content (AvgIpc) is 2.85. The number of nitrogens with one attached hydrogen (secondary N) is 2. The molecular weight excluding hydrogens is 464 g/mol. The first-order chi connectivity index (χ1) is 16.8. The van der Waals surface area contributed by atoms with E-state index >= 15 is 0 Å². The number of benzene rings is 3. The lowest BCUT2D eigenvalue weighted by Gasteiger charge is -2.15. The van der Waals surface area contributed by atoms with Gasteiger partial charge >= 0.3 is 0 Å². The number of para-hydroxylation sites is 2. The fraction of sp³-hybridized carbons (Fsp3) is 0.231. The number of nitrogens with zero attached hydrogens (tertiary/aromatic N) is 2. The zero-order valence-corrected chi connectivity index (χ0v) is 20.9. The van der Waals surface area contributed by atoms with Gasteiger partial charge in [-0.1, -0.05) is 30.3 Å². The van der Waals surface area contributed by atoms with E-state index in [-0.39, 0.29) is 10.7 Å². The van der Waals surface area contributed by atoms with Gasteiger partial charge in [0.2, 0.25) is 0 Å². The van der Waals surface area contributed by atoms with E-state index in [1.54, 1.807) is 39.3 Å². The Kier molecular flexibility index (Phi) is 7.07. The van der Waals surface area contributed by atoms with E-state index in [2.05, 4.69) is 20.0 Å². The van der Waals surface area contributed by atoms with Crippen LogP contribution in [0, 0.1) is 13.8 Å². The van der Waals surface area contributed by atoms with E-state index in [0.29, 0.717) is 46.9 Å². The van der Waals surface area contributed by atoms with Crippen LogP contribution >= 0.6 is 0 Å². The Morgan fingerprint density at radius 2 is 1.51 bits per heavy atom. The van der Waals surface area contributed by atoms with Gasteiger partial charge in [-0.3, -0.25) is 4.72 Å². The largest absolute Gasteiger partial charge is 0.493 e. The van der Waals surface area contributed by atoms with Crippen LogP contribution in [0.4, 0.5) is 11.6 Å². The van der Waals surface area contributed by atoms with Crippen molar-refractivity contribution in [1.82, 2.24) is 9.97 Å². The zero-order chi connectivity index (χ0) is 25.0. The van der Waals surface area contributed by atoms with Crippen molar-refractivity contribution in [2.75, 3.05) is 30.8 Å². The molecule has 0 atom stereocenters. The Morgan fingerprint density at radius 1 is 0.829 bits per heavy atom. The lowest BCUT2D eigenvalue weighted by molar-refractivity contribution is 0.354. The molecule has 0 unspecified atom stereocenters. The minimum atomic E-state index is -3.87. The summed E-state index contributed by atoms with van der Waals surface area (Å²) in [6.07, 6.45) is 0.651. The van der Waals surface area contributed by atoms with Crippen LogP contribution in [0.5, 0.6) is 11.5 Å². The molecule has 0 radical (unpaired) electrons. The summed E-state index contributed by atoms with van der Waals surface area (Å²) in [6.45, 7) is 4.12. The summed E-state index contributed by atoms with van der Waals surface area (Å²) in [5, 5.41) is 3.25. The van der Waals surface area contributed by atoms with Crippen molar-refractivity contribution >= 4 is 32.7 Å². The molecule has 0 bridgehead atoms. The molecule has 3 aromatic carbocycles. The number of rotatable bonds is 9. The molecule has 0 saturated heterocycles. The minimum absolute atomic E-state index is 0.150. The van der Waals surface area contributed by atoms with Crippen LogP contribution in [0.25, 0.3) is 11.0 Å². The molecule has 8 nitrogen and oxygen atoms in total. The van der Waals surface area contributed by atoms with Gasteiger partial charge in [-0.15, -0.1) is 0 Å². The van der Waals surface area contributed by atoms with E-state index in [9.17, 15) is 8.42 Å². The van der Waals surface area contributed by atoms with Gasteiger partial charge < -0.3 is 14.8 Å². The maximum Gasteiger partial charge on any atom is 0.263 e. The van der Waals surface area contributed by atoms with E-state index in [1.807, 2.05) is 49.4 Å². The molecule has 2 N–H and O–H groups in total. The number of sulfonamides is 1. The van der Waals surface area contributed by atoms with Crippen molar-refractivity contribution in [3.63, 3.8) is 0 Å². The first-order valence-electron chi connectivity index (χ1n) is 11.1. The van der Waals surface area contributed by atoms with Gasteiger partial charge in [-0.05, 0) is 67.3 Å². The Morgan fingerprint density at radius 3 is 2.20 bits per heavy atom. The van der Waals surface area contributed by atoms with Crippen LogP contribution in [0.2, 0.25) is 0 Å². The summed E-state index contributed by atoms with van der Waals surface area (Å²) in [5.74, 6) is 1.82. The van der Waals surface area contributed by atoms with Crippen LogP contribution in [-0.4, -0.2) is 39.2 Å². The van der Waals surface area contributed by atoms with Crippen molar-refractivity contribution in [1.29, 1.82) is 0 Å². The Labute approximate surface area is 205 Å². The summed E-state index contributed by atoms with van der Waals surface area (Å²) >= 11 is 0. The Balaban J connectivity index is 1.62. The Bertz CT molecular complexity index is 1470. The molecule has 0 fully saturated rings. The second kappa shape index (κ2) is 10.2. The van der Waals surface area contributed by atoms with Gasteiger partial charge in [0, 0.05) is 6.54 Å². The van der Waals surface area contributed by atoms with Crippen molar-refractivity contribution in [2.24, 2.45) is 0 Å². The predicted molar refractivity (Wildman–Crippen MR) is 138 cm³/mol. The maximum absolute atomic E-state index is 13.3. The third-order valence-electron chi connectivity index (χ3n) is 5.59. The number of ether oxygens (including phenoxy) is 2. The van der Waals surface area contributed by atoms with Crippen LogP contribution < -0.4 is 19.5 Å². The highest BCUT2D eigenvalue weighted by Crippen LogP contribution is 2.29. The smallest absolute Gasteiger partial charge is 0.263 e. The SMILES string of the molecule is COc1ccc(CCNc2nc3ccccc3nc2NS(=O)(=O)c2cc(C)ccc2C)cc1OC. The highest BCUT2D eigenvalue weighted by Gasteiger charge is 2.21. The summed E-state index contributed by atoms with van der Waals surface area (Å²) < 4.78 is 39.8. The maximum atomic E-state index is 13.3. The van der Waals surface area contributed by atoms with E-state index < -0.39 is 10.0 Å². The van der Waals surface area contributed by atoms with Gasteiger partial charge in [0.1, 0.15) is 0 Å². The first kappa shape index (κ1) is 24.3. The fourth-order valence-electron chi connectivity index (χ4n) is 3.73. The molecule has 0 aliphatic carbocycles. The molecule has 0 aliphatic rings. The highest BCUT2D eigenvalue weighted by molar-refractivity contribution is 7.92. The van der Waals surface area contributed by atoms with Crippen LogP contribution in [0.15, 0.2) is 65.6 Å². The monoisotopic (exact) mass is 492 g/mol. The van der Waals surface area contributed by atoms with Crippen molar-refractivity contribution in [3.8, 4) is 11.5 Å². The highest BCUT2D eigenvalue weighted by atomic mass is 32.2. The Hall–Kier alpha value is -3.85. The average molecular weight is 493 g/mol.